The molecular weight excluding hydrogens is 661 g/mol. The molecule has 4 aromatic heterocycles. The molecule has 0 atom stereocenters. The first-order valence-corrected chi connectivity index (χ1v) is 18.6. The van der Waals surface area contributed by atoms with Gasteiger partial charge in [0.25, 0.3) is 0 Å². The second-order valence-electron chi connectivity index (χ2n) is 12.8. The quantitative estimate of drug-likeness (QED) is 0.185. The van der Waals surface area contributed by atoms with Crippen LogP contribution in [0.25, 0.3) is 102 Å². The number of fused-ring (bicyclic) bond motifs is 9. The van der Waals surface area contributed by atoms with Crippen LogP contribution in [0, 0.1) is 0 Å². The molecule has 0 radical (unpaired) electrons. The fourth-order valence-electron chi connectivity index (χ4n) is 7.54. The van der Waals surface area contributed by atoms with E-state index in [1.54, 1.807) is 0 Å². The molecule has 51 heavy (non-hydrogen) atoms. The van der Waals surface area contributed by atoms with Crippen molar-refractivity contribution in [3.8, 4) is 39.9 Å². The largest absolute Gasteiger partial charge is 0.309 e. The Balaban J connectivity index is 1.12. The van der Waals surface area contributed by atoms with E-state index in [9.17, 15) is 0 Å². The van der Waals surface area contributed by atoms with E-state index >= 15 is 0 Å². The Morgan fingerprint density at radius 1 is 0.373 bits per heavy atom. The molecule has 0 N–H and O–H groups in total. The van der Waals surface area contributed by atoms with Gasteiger partial charge in [0.2, 0.25) is 0 Å². The third-order valence-electron chi connectivity index (χ3n) is 9.85. The van der Waals surface area contributed by atoms with Crippen LogP contribution in [0.5, 0.6) is 0 Å². The highest BCUT2D eigenvalue weighted by atomic mass is 32.1. The molecule has 6 heteroatoms. The second kappa shape index (κ2) is 11.2. The Morgan fingerprint density at radius 3 is 1.61 bits per heavy atom. The fourth-order valence-corrected chi connectivity index (χ4v) is 9.80. The van der Waals surface area contributed by atoms with E-state index in [2.05, 4.69) is 126 Å². The van der Waals surface area contributed by atoms with Crippen molar-refractivity contribution in [2.75, 3.05) is 0 Å². The third kappa shape index (κ3) is 4.47. The van der Waals surface area contributed by atoms with Gasteiger partial charge in [-0.05, 0) is 48.5 Å². The van der Waals surface area contributed by atoms with Crippen molar-refractivity contribution in [3.05, 3.63) is 158 Å². The molecule has 0 saturated carbocycles. The van der Waals surface area contributed by atoms with E-state index in [0.29, 0.717) is 17.5 Å². The lowest BCUT2D eigenvalue weighted by atomic mass is 10.0. The van der Waals surface area contributed by atoms with Crippen molar-refractivity contribution in [2.45, 2.75) is 0 Å². The number of rotatable bonds is 4. The minimum atomic E-state index is 0.668. The number of hydrogen-bond donors (Lipinski definition) is 0. The molecule has 0 amide bonds. The van der Waals surface area contributed by atoms with Crippen LogP contribution in [0.15, 0.2) is 158 Å². The normalized spacial score (nSPS) is 11.9. The van der Waals surface area contributed by atoms with Gasteiger partial charge in [0.15, 0.2) is 17.5 Å². The van der Waals surface area contributed by atoms with E-state index in [4.69, 9.17) is 15.0 Å². The lowest BCUT2D eigenvalue weighted by Crippen LogP contribution is -2.00. The van der Waals surface area contributed by atoms with Gasteiger partial charge in [0.1, 0.15) is 0 Å². The van der Waals surface area contributed by atoms with Crippen molar-refractivity contribution < 1.29 is 0 Å². The summed E-state index contributed by atoms with van der Waals surface area (Å²) in [6, 6.07) is 56.0. The molecule has 0 spiro atoms. The Bertz CT molecular complexity index is 3030. The molecular formula is C45H26N4S2. The number of hydrogen-bond acceptors (Lipinski definition) is 5. The first-order chi connectivity index (χ1) is 25.3. The van der Waals surface area contributed by atoms with Crippen LogP contribution >= 0.6 is 22.7 Å². The predicted molar refractivity (Wildman–Crippen MR) is 216 cm³/mol. The van der Waals surface area contributed by atoms with Gasteiger partial charge in [-0.25, -0.2) is 15.0 Å². The lowest BCUT2D eigenvalue weighted by molar-refractivity contribution is 1.08. The summed E-state index contributed by atoms with van der Waals surface area (Å²) in [7, 11) is 0. The Morgan fingerprint density at radius 2 is 0.922 bits per heavy atom. The van der Waals surface area contributed by atoms with Gasteiger partial charge in [-0.2, -0.15) is 0 Å². The van der Waals surface area contributed by atoms with E-state index in [-0.39, 0.29) is 0 Å². The Kier molecular flexibility index (Phi) is 6.26. The standard InChI is InChI=1S/C45H26N4S2/c1-3-12-27(13-4-1)43-46-44(28-14-5-2-6-15-28)48-45(47-43)32-18-11-21-39-42(32)35-26-40-34(25-41(35)51-39)33-24-29(22-23-38(33)50-40)49-36-19-9-7-16-30(36)31-17-8-10-20-37(31)49/h1-26H. The van der Waals surface area contributed by atoms with Gasteiger partial charge < -0.3 is 4.57 Å². The zero-order valence-electron chi connectivity index (χ0n) is 27.1. The zero-order chi connectivity index (χ0) is 33.5. The first-order valence-electron chi connectivity index (χ1n) is 16.9. The van der Waals surface area contributed by atoms with Crippen LogP contribution in [0.3, 0.4) is 0 Å². The van der Waals surface area contributed by atoms with Crippen molar-refractivity contribution in [2.24, 2.45) is 0 Å². The summed E-state index contributed by atoms with van der Waals surface area (Å²) < 4.78 is 7.44. The fraction of sp³-hybridized carbons (Fsp3) is 0. The minimum Gasteiger partial charge on any atom is -0.309 e. The van der Waals surface area contributed by atoms with E-state index in [1.807, 2.05) is 59.1 Å². The number of aromatic nitrogens is 4. The molecule has 0 aliphatic heterocycles. The van der Waals surface area contributed by atoms with E-state index in [0.717, 1.165) is 16.7 Å². The number of nitrogens with zero attached hydrogens (tertiary/aromatic N) is 4. The highest BCUT2D eigenvalue weighted by Crippen LogP contribution is 2.45. The SMILES string of the molecule is c1ccc(-c2nc(-c3ccccc3)nc(-c3cccc4sc5cc6c(cc5c34)sc3ccc(-n4c5ccccc5c5ccccc54)cc36)n2)cc1. The van der Waals surface area contributed by atoms with Crippen molar-refractivity contribution in [3.63, 3.8) is 0 Å². The van der Waals surface area contributed by atoms with E-state index < -0.39 is 0 Å². The maximum atomic E-state index is 5.09. The molecule has 0 aliphatic rings. The van der Waals surface area contributed by atoms with Gasteiger partial charge in [-0.1, -0.05) is 109 Å². The zero-order valence-corrected chi connectivity index (χ0v) is 28.7. The molecule has 7 aromatic carbocycles. The van der Waals surface area contributed by atoms with Crippen LogP contribution in [0.4, 0.5) is 0 Å². The van der Waals surface area contributed by atoms with Crippen molar-refractivity contribution in [1.82, 2.24) is 19.5 Å². The molecule has 0 bridgehead atoms. The molecule has 238 valence electrons. The summed E-state index contributed by atoms with van der Waals surface area (Å²) >= 11 is 3.69. The summed E-state index contributed by atoms with van der Waals surface area (Å²) in [6.07, 6.45) is 0. The van der Waals surface area contributed by atoms with Crippen LogP contribution in [0.2, 0.25) is 0 Å². The van der Waals surface area contributed by atoms with Crippen molar-refractivity contribution >= 4 is 84.8 Å². The molecule has 11 aromatic rings. The van der Waals surface area contributed by atoms with Gasteiger partial charge in [-0.15, -0.1) is 22.7 Å². The smallest absolute Gasteiger partial charge is 0.164 e. The summed E-state index contributed by atoms with van der Waals surface area (Å²) in [5, 5.41) is 7.54. The monoisotopic (exact) mass is 686 g/mol. The summed E-state index contributed by atoms with van der Waals surface area (Å²) in [6.45, 7) is 0. The van der Waals surface area contributed by atoms with Gasteiger partial charge >= 0.3 is 0 Å². The maximum Gasteiger partial charge on any atom is 0.164 e. The molecule has 0 fully saturated rings. The lowest BCUT2D eigenvalue weighted by Gasteiger charge is -2.09. The van der Waals surface area contributed by atoms with Gasteiger partial charge in [0, 0.05) is 73.5 Å². The number of benzene rings is 7. The Hall–Kier alpha value is -6.21. The topological polar surface area (TPSA) is 43.6 Å². The summed E-state index contributed by atoms with van der Waals surface area (Å²) in [5.74, 6) is 2.02. The minimum absolute atomic E-state index is 0.668. The summed E-state index contributed by atoms with van der Waals surface area (Å²) in [5.41, 5.74) is 6.57. The number of thiophene rings is 2. The van der Waals surface area contributed by atoms with Gasteiger partial charge in [-0.3, -0.25) is 0 Å². The Labute approximate surface area is 300 Å². The second-order valence-corrected chi connectivity index (χ2v) is 15.0. The van der Waals surface area contributed by atoms with E-state index in [1.165, 1.54) is 67.8 Å². The highest BCUT2D eigenvalue weighted by Gasteiger charge is 2.19. The molecule has 0 unspecified atom stereocenters. The average molecular weight is 687 g/mol. The predicted octanol–water partition coefficient (Wildman–Crippen LogP) is 12.7. The molecule has 4 nitrogen and oxygen atoms in total. The molecule has 11 rings (SSSR count). The molecule has 0 aliphatic carbocycles. The summed E-state index contributed by atoms with van der Waals surface area (Å²) in [4.78, 5) is 15.1. The number of para-hydroxylation sites is 2. The van der Waals surface area contributed by atoms with Crippen LogP contribution < -0.4 is 0 Å². The maximum absolute atomic E-state index is 5.09. The van der Waals surface area contributed by atoms with Gasteiger partial charge in [0.05, 0.1) is 11.0 Å². The first kappa shape index (κ1) is 28.6. The highest BCUT2D eigenvalue weighted by molar-refractivity contribution is 7.27. The average Bonchev–Trinajstić information content (AvgIpc) is 3.86. The van der Waals surface area contributed by atoms with Crippen LogP contribution in [0.1, 0.15) is 0 Å². The van der Waals surface area contributed by atoms with Crippen LogP contribution in [-0.4, -0.2) is 19.5 Å². The third-order valence-corrected chi connectivity index (χ3v) is 12.1. The van der Waals surface area contributed by atoms with Crippen molar-refractivity contribution in [1.29, 1.82) is 0 Å². The molecule has 4 heterocycles. The molecule has 0 saturated heterocycles. The van der Waals surface area contributed by atoms with Crippen LogP contribution in [-0.2, 0) is 0 Å².